The lowest BCUT2D eigenvalue weighted by atomic mass is 10.3. The van der Waals surface area contributed by atoms with E-state index in [9.17, 15) is 8.42 Å². The van der Waals surface area contributed by atoms with Crippen molar-refractivity contribution in [2.75, 3.05) is 34.9 Å². The molecule has 2 heterocycles. The smallest absolute Gasteiger partial charge is 0.153 e. The molecule has 1 aliphatic heterocycles. The minimum absolute atomic E-state index is 0.172. The minimum Gasteiger partial charge on any atom is -0.354 e. The van der Waals surface area contributed by atoms with Gasteiger partial charge in [0.2, 0.25) is 0 Å². The summed E-state index contributed by atoms with van der Waals surface area (Å²) in [5.74, 6) is 7.76. The Morgan fingerprint density at radius 2 is 2.05 bits per heavy atom. The molecule has 0 amide bonds. The van der Waals surface area contributed by atoms with Gasteiger partial charge in [-0.3, -0.25) is 0 Å². The van der Waals surface area contributed by atoms with Crippen LogP contribution in [0.1, 0.15) is 19.2 Å². The number of nitrogen functional groups attached to an aromatic ring is 1. The fourth-order valence-electron chi connectivity index (χ4n) is 2.00. The molecule has 106 valence electrons. The Morgan fingerprint density at radius 3 is 2.63 bits per heavy atom. The average Bonchev–Trinajstić information content (AvgIpc) is 2.38. The van der Waals surface area contributed by atoms with Crippen molar-refractivity contribution in [3.63, 3.8) is 0 Å². The molecule has 1 fully saturated rings. The van der Waals surface area contributed by atoms with Crippen molar-refractivity contribution in [1.82, 2.24) is 9.97 Å². The number of nitrogens with zero attached hydrogens (tertiary/aromatic N) is 3. The summed E-state index contributed by atoms with van der Waals surface area (Å²) < 4.78 is 22.9. The van der Waals surface area contributed by atoms with E-state index in [1.165, 1.54) is 0 Å². The van der Waals surface area contributed by atoms with Gasteiger partial charge in [0, 0.05) is 25.6 Å². The standard InChI is InChI=1S/C11H19N5O2S/c1-2-3-9-13-10(15-12)8-11(14-9)16-4-6-19(17,18)7-5-16/h8H,2-7,12H2,1H3,(H,13,14,15). The van der Waals surface area contributed by atoms with E-state index in [-0.39, 0.29) is 11.5 Å². The number of hydrogen-bond donors (Lipinski definition) is 2. The van der Waals surface area contributed by atoms with Crippen molar-refractivity contribution < 1.29 is 8.42 Å². The number of nitrogens with two attached hydrogens (primary N) is 1. The van der Waals surface area contributed by atoms with E-state index in [4.69, 9.17) is 5.84 Å². The van der Waals surface area contributed by atoms with Crippen molar-refractivity contribution in [3.05, 3.63) is 11.9 Å². The van der Waals surface area contributed by atoms with Gasteiger partial charge in [-0.1, -0.05) is 6.92 Å². The van der Waals surface area contributed by atoms with E-state index < -0.39 is 9.84 Å². The van der Waals surface area contributed by atoms with Crippen LogP contribution in [-0.2, 0) is 16.3 Å². The maximum Gasteiger partial charge on any atom is 0.153 e. The molecule has 1 aromatic heterocycles. The molecule has 1 aromatic rings. The van der Waals surface area contributed by atoms with Crippen LogP contribution < -0.4 is 16.2 Å². The molecule has 0 aliphatic carbocycles. The Bertz CT molecular complexity index is 532. The second kappa shape index (κ2) is 5.70. The summed E-state index contributed by atoms with van der Waals surface area (Å²) in [6, 6.07) is 1.75. The number of sulfone groups is 1. The molecule has 0 atom stereocenters. The molecule has 8 heteroatoms. The van der Waals surface area contributed by atoms with E-state index in [0.29, 0.717) is 18.9 Å². The molecular weight excluding hydrogens is 266 g/mol. The largest absolute Gasteiger partial charge is 0.354 e. The van der Waals surface area contributed by atoms with Gasteiger partial charge in [-0.25, -0.2) is 24.2 Å². The highest BCUT2D eigenvalue weighted by Crippen LogP contribution is 2.18. The first-order chi connectivity index (χ1) is 9.04. The highest BCUT2D eigenvalue weighted by Gasteiger charge is 2.23. The van der Waals surface area contributed by atoms with Gasteiger partial charge in [-0.15, -0.1) is 0 Å². The highest BCUT2D eigenvalue weighted by atomic mass is 32.2. The van der Waals surface area contributed by atoms with Crippen LogP contribution in [0, 0.1) is 0 Å². The topological polar surface area (TPSA) is 101 Å². The summed E-state index contributed by atoms with van der Waals surface area (Å²) in [5, 5.41) is 0. The molecule has 0 radical (unpaired) electrons. The second-order valence-corrected chi connectivity index (χ2v) is 6.86. The van der Waals surface area contributed by atoms with Crippen LogP contribution in [0.3, 0.4) is 0 Å². The Kier molecular flexibility index (Phi) is 4.20. The number of aryl methyl sites for hydroxylation is 1. The lowest BCUT2D eigenvalue weighted by Gasteiger charge is -2.28. The van der Waals surface area contributed by atoms with Gasteiger partial charge < -0.3 is 10.3 Å². The van der Waals surface area contributed by atoms with Crippen molar-refractivity contribution in [1.29, 1.82) is 0 Å². The van der Waals surface area contributed by atoms with E-state index in [1.54, 1.807) is 6.07 Å². The number of aromatic nitrogens is 2. The summed E-state index contributed by atoms with van der Waals surface area (Å²) in [6.45, 7) is 2.99. The van der Waals surface area contributed by atoms with Crippen LogP contribution in [0.15, 0.2) is 6.07 Å². The van der Waals surface area contributed by atoms with Gasteiger partial charge in [-0.2, -0.15) is 0 Å². The molecule has 0 bridgehead atoms. The van der Waals surface area contributed by atoms with Crippen LogP contribution in [0.5, 0.6) is 0 Å². The van der Waals surface area contributed by atoms with E-state index in [0.717, 1.165) is 24.5 Å². The third kappa shape index (κ3) is 3.54. The number of nitrogens with one attached hydrogen (secondary N) is 1. The van der Waals surface area contributed by atoms with Gasteiger partial charge in [0.25, 0.3) is 0 Å². The summed E-state index contributed by atoms with van der Waals surface area (Å²) in [5.41, 5.74) is 2.53. The number of rotatable bonds is 4. The predicted molar refractivity (Wildman–Crippen MR) is 74.7 cm³/mol. The first-order valence-electron chi connectivity index (χ1n) is 6.34. The Balaban J connectivity index is 2.21. The van der Waals surface area contributed by atoms with Crippen LogP contribution in [0.25, 0.3) is 0 Å². The van der Waals surface area contributed by atoms with Crippen LogP contribution in [0.4, 0.5) is 11.6 Å². The molecule has 0 spiro atoms. The highest BCUT2D eigenvalue weighted by molar-refractivity contribution is 7.91. The minimum atomic E-state index is -2.89. The van der Waals surface area contributed by atoms with Crippen molar-refractivity contribution in [3.8, 4) is 0 Å². The lowest BCUT2D eigenvalue weighted by molar-refractivity contribution is 0.586. The molecular formula is C11H19N5O2S. The third-order valence-electron chi connectivity index (χ3n) is 3.05. The fourth-order valence-corrected chi connectivity index (χ4v) is 3.20. The number of anilines is 2. The molecule has 19 heavy (non-hydrogen) atoms. The Hall–Kier alpha value is -1.41. The third-order valence-corrected chi connectivity index (χ3v) is 4.66. The molecule has 0 aromatic carbocycles. The predicted octanol–water partition coefficient (Wildman–Crippen LogP) is -0.0505. The monoisotopic (exact) mass is 285 g/mol. The SMILES string of the molecule is CCCc1nc(NN)cc(N2CCS(=O)(=O)CC2)n1. The van der Waals surface area contributed by atoms with Crippen molar-refractivity contribution in [2.45, 2.75) is 19.8 Å². The maximum absolute atomic E-state index is 11.4. The van der Waals surface area contributed by atoms with E-state index in [2.05, 4.69) is 22.3 Å². The lowest BCUT2D eigenvalue weighted by Crippen LogP contribution is -2.40. The molecule has 0 saturated carbocycles. The first-order valence-corrected chi connectivity index (χ1v) is 8.16. The summed E-state index contributed by atoms with van der Waals surface area (Å²) >= 11 is 0. The summed E-state index contributed by atoms with van der Waals surface area (Å²) in [7, 11) is -2.89. The Labute approximate surface area is 113 Å². The van der Waals surface area contributed by atoms with Crippen molar-refractivity contribution in [2.24, 2.45) is 5.84 Å². The van der Waals surface area contributed by atoms with Crippen molar-refractivity contribution >= 4 is 21.5 Å². The molecule has 0 unspecified atom stereocenters. The van der Waals surface area contributed by atoms with Gasteiger partial charge in [-0.05, 0) is 6.42 Å². The van der Waals surface area contributed by atoms with Crippen LogP contribution in [-0.4, -0.2) is 43.0 Å². The molecule has 7 nitrogen and oxygen atoms in total. The molecule has 3 N–H and O–H groups in total. The quantitative estimate of drug-likeness (QED) is 0.590. The van der Waals surface area contributed by atoms with E-state index in [1.807, 2.05) is 4.90 Å². The van der Waals surface area contributed by atoms with Gasteiger partial charge >= 0.3 is 0 Å². The fraction of sp³-hybridized carbons (Fsp3) is 0.636. The zero-order valence-electron chi connectivity index (χ0n) is 11.0. The molecule has 2 rings (SSSR count). The van der Waals surface area contributed by atoms with Gasteiger partial charge in [0.1, 0.15) is 17.5 Å². The van der Waals surface area contributed by atoms with Gasteiger partial charge in [0.15, 0.2) is 9.84 Å². The van der Waals surface area contributed by atoms with Crippen LogP contribution >= 0.6 is 0 Å². The average molecular weight is 285 g/mol. The Morgan fingerprint density at radius 1 is 1.37 bits per heavy atom. The summed E-state index contributed by atoms with van der Waals surface area (Å²) in [4.78, 5) is 10.7. The molecule has 1 aliphatic rings. The van der Waals surface area contributed by atoms with E-state index >= 15 is 0 Å². The van der Waals surface area contributed by atoms with Gasteiger partial charge in [0.05, 0.1) is 11.5 Å². The first kappa shape index (κ1) is 14.0. The van der Waals surface area contributed by atoms with Crippen LogP contribution in [0.2, 0.25) is 0 Å². The normalized spacial score (nSPS) is 18.3. The zero-order chi connectivity index (χ0) is 13.9. The second-order valence-electron chi connectivity index (χ2n) is 4.56. The maximum atomic E-state index is 11.4. The molecule has 1 saturated heterocycles. The zero-order valence-corrected chi connectivity index (χ0v) is 11.8. The number of hydrazine groups is 1. The number of hydrogen-bond acceptors (Lipinski definition) is 7. The summed E-state index contributed by atoms with van der Waals surface area (Å²) in [6.07, 6.45) is 1.72.